The van der Waals surface area contributed by atoms with Gasteiger partial charge in [0.2, 0.25) is 0 Å². The number of hydrogen-bond acceptors (Lipinski definition) is 4. The van der Waals surface area contributed by atoms with Gasteiger partial charge in [-0.15, -0.1) is 0 Å². The molecule has 1 aromatic heterocycles. The lowest BCUT2D eigenvalue weighted by molar-refractivity contribution is 0.409. The zero-order chi connectivity index (χ0) is 26.2. The van der Waals surface area contributed by atoms with Gasteiger partial charge in [0.1, 0.15) is 18.2 Å². The Morgan fingerprint density at radius 2 is 1.33 bits per heavy atom. The Morgan fingerprint density at radius 3 is 2.08 bits per heavy atom. The van der Waals surface area contributed by atoms with Crippen molar-refractivity contribution in [3.8, 4) is 11.8 Å². The molecule has 0 radical (unpaired) electrons. The summed E-state index contributed by atoms with van der Waals surface area (Å²) < 4.78 is 2.32. The van der Waals surface area contributed by atoms with E-state index >= 15 is 0 Å². The highest BCUT2D eigenvalue weighted by atomic mass is 15.3. The average Bonchev–Trinajstić information content (AvgIpc) is 3.36. The number of nitrogens with one attached hydrogen (secondary N) is 2. The molecule has 0 bridgehead atoms. The standard InChI is InChI=1S/C34H25N5/c35-22-23-10-8-13-25(20-23)33-36-32(24-11-2-1-3-12-24)37-34(38-33)26-14-9-15-27(21-26)39-30-18-6-4-16-28(30)29-17-5-7-19-31(29)39/h1-21,32-33,36H,(H,37,38). The van der Waals surface area contributed by atoms with Crippen LogP contribution in [-0.4, -0.2) is 10.4 Å². The number of nitrogens with zero attached hydrogens (tertiary/aromatic N) is 3. The van der Waals surface area contributed by atoms with Gasteiger partial charge < -0.3 is 9.88 Å². The second-order valence-corrected chi connectivity index (χ2v) is 9.69. The van der Waals surface area contributed by atoms with E-state index in [0.29, 0.717) is 5.56 Å². The minimum Gasteiger partial charge on any atom is -0.350 e. The zero-order valence-corrected chi connectivity index (χ0v) is 21.1. The SMILES string of the molecule is N#Cc1cccc(C2N=C(c3cccc(-n4c5ccccc5c5ccccc54)c3)NC(c3ccccc3)N2)c1. The maximum absolute atomic E-state index is 9.47. The molecule has 2 N–H and O–H groups in total. The highest BCUT2D eigenvalue weighted by Gasteiger charge is 2.26. The quantitative estimate of drug-likeness (QED) is 0.272. The number of hydrogen-bond donors (Lipinski definition) is 2. The van der Waals surface area contributed by atoms with Gasteiger partial charge in [-0.05, 0) is 47.5 Å². The maximum Gasteiger partial charge on any atom is 0.131 e. The first-order valence-electron chi connectivity index (χ1n) is 13.0. The summed E-state index contributed by atoms with van der Waals surface area (Å²) in [5.41, 5.74) is 7.10. The van der Waals surface area contributed by atoms with Gasteiger partial charge in [0.15, 0.2) is 0 Å². The molecule has 5 nitrogen and oxygen atoms in total. The molecule has 5 aromatic carbocycles. The van der Waals surface area contributed by atoms with E-state index in [1.807, 2.05) is 42.5 Å². The molecule has 1 aliphatic heterocycles. The summed E-state index contributed by atoms with van der Waals surface area (Å²) in [5, 5.41) is 19.2. The first-order valence-corrected chi connectivity index (χ1v) is 13.0. The molecular formula is C34H25N5. The van der Waals surface area contributed by atoms with Crippen LogP contribution in [0.2, 0.25) is 0 Å². The van der Waals surface area contributed by atoms with E-state index < -0.39 is 0 Å². The van der Waals surface area contributed by atoms with Crippen LogP contribution in [0.25, 0.3) is 27.5 Å². The van der Waals surface area contributed by atoms with E-state index in [4.69, 9.17) is 4.99 Å². The van der Waals surface area contributed by atoms with Crippen LogP contribution in [-0.2, 0) is 0 Å². The molecule has 7 rings (SSSR count). The predicted molar refractivity (Wildman–Crippen MR) is 157 cm³/mol. The van der Waals surface area contributed by atoms with Crippen LogP contribution in [0.5, 0.6) is 0 Å². The van der Waals surface area contributed by atoms with Crippen molar-refractivity contribution in [1.29, 1.82) is 5.26 Å². The van der Waals surface area contributed by atoms with Crippen molar-refractivity contribution in [3.63, 3.8) is 0 Å². The van der Waals surface area contributed by atoms with Gasteiger partial charge in [-0.2, -0.15) is 5.26 Å². The summed E-state index contributed by atoms with van der Waals surface area (Å²) in [5.74, 6) is 0.803. The molecule has 0 saturated heterocycles. The third-order valence-electron chi connectivity index (χ3n) is 7.29. The Morgan fingerprint density at radius 1 is 0.667 bits per heavy atom. The molecule has 5 heteroatoms. The molecule has 1 aliphatic rings. The van der Waals surface area contributed by atoms with Gasteiger partial charge >= 0.3 is 0 Å². The Hall–Kier alpha value is -5.18. The van der Waals surface area contributed by atoms with Gasteiger partial charge in [0.05, 0.1) is 22.7 Å². The molecule has 186 valence electrons. The number of amidine groups is 1. The fraction of sp³-hybridized carbons (Fsp3) is 0.0588. The first kappa shape index (κ1) is 23.0. The monoisotopic (exact) mass is 503 g/mol. The lowest BCUT2D eigenvalue weighted by Crippen LogP contribution is -2.45. The number of aromatic nitrogens is 1. The summed E-state index contributed by atoms with van der Waals surface area (Å²) in [4.78, 5) is 5.10. The smallest absolute Gasteiger partial charge is 0.131 e. The number of benzene rings is 5. The molecule has 0 fully saturated rings. The number of aliphatic imine (C=N–C) groups is 1. The zero-order valence-electron chi connectivity index (χ0n) is 21.1. The number of nitriles is 1. The molecule has 6 aromatic rings. The molecular weight excluding hydrogens is 478 g/mol. The average molecular weight is 504 g/mol. The van der Waals surface area contributed by atoms with Crippen LogP contribution in [0.1, 0.15) is 34.6 Å². The van der Waals surface area contributed by atoms with Crippen molar-refractivity contribution in [3.05, 3.63) is 150 Å². The predicted octanol–water partition coefficient (Wildman–Crippen LogP) is 6.99. The van der Waals surface area contributed by atoms with Crippen molar-refractivity contribution in [2.45, 2.75) is 12.3 Å². The summed E-state index contributed by atoms with van der Waals surface area (Å²) in [6.45, 7) is 0. The normalized spacial score (nSPS) is 16.9. The van der Waals surface area contributed by atoms with E-state index in [-0.39, 0.29) is 12.3 Å². The van der Waals surface area contributed by atoms with Crippen molar-refractivity contribution < 1.29 is 0 Å². The fourth-order valence-electron chi connectivity index (χ4n) is 5.46. The summed E-state index contributed by atoms with van der Waals surface area (Å²) >= 11 is 0. The van der Waals surface area contributed by atoms with Crippen LogP contribution in [0, 0.1) is 11.3 Å². The van der Waals surface area contributed by atoms with Crippen molar-refractivity contribution in [2.75, 3.05) is 0 Å². The van der Waals surface area contributed by atoms with Gasteiger partial charge in [-0.25, -0.2) is 4.99 Å². The molecule has 2 atom stereocenters. The minimum atomic E-state index is -0.309. The number of fused-ring (bicyclic) bond motifs is 3. The Kier molecular flexibility index (Phi) is 5.66. The van der Waals surface area contributed by atoms with Gasteiger partial charge in [-0.1, -0.05) is 91.0 Å². The maximum atomic E-state index is 9.47. The van der Waals surface area contributed by atoms with Crippen molar-refractivity contribution in [1.82, 2.24) is 15.2 Å². The highest BCUT2D eigenvalue weighted by Crippen LogP contribution is 2.32. The summed E-state index contributed by atoms with van der Waals surface area (Å²) in [6, 6.07) is 45.8. The van der Waals surface area contributed by atoms with Crippen LogP contribution in [0.15, 0.2) is 132 Å². The molecule has 0 spiro atoms. The minimum absolute atomic E-state index is 0.147. The Balaban J connectivity index is 1.36. The summed E-state index contributed by atoms with van der Waals surface area (Å²) in [7, 11) is 0. The number of rotatable bonds is 4. The van der Waals surface area contributed by atoms with E-state index in [1.54, 1.807) is 0 Å². The molecule has 39 heavy (non-hydrogen) atoms. The highest BCUT2D eigenvalue weighted by molar-refractivity contribution is 6.09. The molecule has 2 heterocycles. The lowest BCUT2D eigenvalue weighted by atomic mass is 10.1. The van der Waals surface area contributed by atoms with Crippen LogP contribution in [0.3, 0.4) is 0 Å². The van der Waals surface area contributed by atoms with Crippen molar-refractivity contribution in [2.24, 2.45) is 4.99 Å². The van der Waals surface area contributed by atoms with E-state index in [2.05, 4.69) is 106 Å². The van der Waals surface area contributed by atoms with Crippen molar-refractivity contribution >= 4 is 27.6 Å². The summed E-state index contributed by atoms with van der Waals surface area (Å²) in [6.07, 6.45) is -0.456. The van der Waals surface area contributed by atoms with Crippen LogP contribution in [0.4, 0.5) is 0 Å². The van der Waals surface area contributed by atoms with Gasteiger partial charge in [-0.3, -0.25) is 5.32 Å². The molecule has 2 unspecified atom stereocenters. The lowest BCUT2D eigenvalue weighted by Gasteiger charge is -2.32. The third-order valence-corrected chi connectivity index (χ3v) is 7.29. The second-order valence-electron chi connectivity index (χ2n) is 9.69. The van der Waals surface area contributed by atoms with E-state index in [9.17, 15) is 5.26 Å². The molecule has 0 saturated carbocycles. The van der Waals surface area contributed by atoms with Crippen LogP contribution >= 0.6 is 0 Å². The topological polar surface area (TPSA) is 65.1 Å². The number of para-hydroxylation sites is 2. The van der Waals surface area contributed by atoms with Crippen LogP contribution < -0.4 is 10.6 Å². The Labute approximate surface area is 226 Å². The van der Waals surface area contributed by atoms with E-state index in [0.717, 1.165) is 28.2 Å². The Bertz CT molecular complexity index is 1840. The van der Waals surface area contributed by atoms with Gasteiger partial charge in [0, 0.05) is 22.0 Å². The molecule has 0 aliphatic carbocycles. The third kappa shape index (κ3) is 4.14. The molecule has 0 amide bonds. The fourth-order valence-corrected chi connectivity index (χ4v) is 5.46. The second kappa shape index (κ2) is 9.60. The largest absolute Gasteiger partial charge is 0.350 e. The van der Waals surface area contributed by atoms with Gasteiger partial charge in [0.25, 0.3) is 0 Å². The van der Waals surface area contributed by atoms with E-state index in [1.165, 1.54) is 21.8 Å². The first-order chi connectivity index (χ1) is 19.3.